The summed E-state index contributed by atoms with van der Waals surface area (Å²) in [6.45, 7) is 0. The van der Waals surface area contributed by atoms with Crippen molar-refractivity contribution in [2.75, 3.05) is 11.1 Å². The molecule has 0 aliphatic carbocycles. The van der Waals surface area contributed by atoms with Gasteiger partial charge in [-0.05, 0) is 30.3 Å². The predicted molar refractivity (Wildman–Crippen MR) is 79.9 cm³/mol. The molecule has 0 aliphatic rings. The minimum atomic E-state index is -0.335. The molecule has 3 aromatic rings. The predicted octanol–water partition coefficient (Wildman–Crippen LogP) is 3.05. The molecule has 5 nitrogen and oxygen atoms in total. The van der Waals surface area contributed by atoms with Crippen molar-refractivity contribution in [3.05, 3.63) is 53.1 Å². The molecular weight excluding hydrogens is 276 g/mol. The molecule has 0 radical (unpaired) electrons. The Morgan fingerprint density at radius 3 is 2.80 bits per heavy atom. The maximum absolute atomic E-state index is 12.1. The third-order valence-electron chi connectivity index (χ3n) is 2.88. The molecule has 0 fully saturated rings. The summed E-state index contributed by atoms with van der Waals surface area (Å²) in [6, 6.07) is 12.2. The summed E-state index contributed by atoms with van der Waals surface area (Å²) in [5, 5.41) is 3.17. The van der Waals surface area contributed by atoms with Crippen LogP contribution >= 0.6 is 11.6 Å². The van der Waals surface area contributed by atoms with E-state index in [4.69, 9.17) is 17.3 Å². The standard InChI is InChI=1S/C14H11ClN4O/c15-8-5-6-9(10(16)7-8)13(20)19-14-17-11-3-1-2-4-12(11)18-14/h1-7H,16H2,(H2,17,18,19,20). The first-order valence-electron chi connectivity index (χ1n) is 5.94. The van der Waals surface area contributed by atoms with Crippen molar-refractivity contribution < 1.29 is 4.79 Å². The minimum Gasteiger partial charge on any atom is -0.398 e. The molecule has 1 aromatic heterocycles. The van der Waals surface area contributed by atoms with Gasteiger partial charge in [0.05, 0.1) is 16.6 Å². The van der Waals surface area contributed by atoms with Crippen molar-refractivity contribution >= 4 is 40.2 Å². The number of amides is 1. The van der Waals surface area contributed by atoms with E-state index in [1.54, 1.807) is 12.1 Å². The summed E-state index contributed by atoms with van der Waals surface area (Å²) in [6.07, 6.45) is 0. The molecule has 0 saturated carbocycles. The van der Waals surface area contributed by atoms with Crippen molar-refractivity contribution in [1.82, 2.24) is 9.97 Å². The number of rotatable bonds is 2. The number of aromatic nitrogens is 2. The van der Waals surface area contributed by atoms with Gasteiger partial charge >= 0.3 is 0 Å². The maximum atomic E-state index is 12.1. The highest BCUT2D eigenvalue weighted by Gasteiger charge is 2.12. The number of carbonyl (C=O) groups excluding carboxylic acids is 1. The monoisotopic (exact) mass is 286 g/mol. The molecule has 1 amide bonds. The number of hydrogen-bond donors (Lipinski definition) is 3. The second-order valence-electron chi connectivity index (χ2n) is 4.29. The number of fused-ring (bicyclic) bond motifs is 1. The number of carbonyl (C=O) groups is 1. The molecule has 1 heterocycles. The van der Waals surface area contributed by atoms with Gasteiger partial charge in [0.2, 0.25) is 5.95 Å². The van der Waals surface area contributed by atoms with E-state index in [-0.39, 0.29) is 5.91 Å². The fourth-order valence-corrected chi connectivity index (χ4v) is 2.11. The quantitative estimate of drug-likeness (QED) is 0.633. The maximum Gasteiger partial charge on any atom is 0.260 e. The summed E-state index contributed by atoms with van der Waals surface area (Å²) in [4.78, 5) is 19.4. The number of para-hydroxylation sites is 2. The van der Waals surface area contributed by atoms with Crippen LogP contribution in [0.5, 0.6) is 0 Å². The van der Waals surface area contributed by atoms with Crippen LogP contribution in [0.1, 0.15) is 10.4 Å². The third kappa shape index (κ3) is 2.31. The van der Waals surface area contributed by atoms with E-state index in [0.717, 1.165) is 11.0 Å². The Bertz CT molecular complexity index is 764. The van der Waals surface area contributed by atoms with Crippen molar-refractivity contribution in [2.24, 2.45) is 0 Å². The molecule has 0 spiro atoms. The van der Waals surface area contributed by atoms with Crippen LogP contribution in [-0.2, 0) is 0 Å². The molecule has 2 aromatic carbocycles. The van der Waals surface area contributed by atoms with Crippen LogP contribution in [0.4, 0.5) is 11.6 Å². The summed E-state index contributed by atoms with van der Waals surface area (Å²) >= 11 is 5.81. The fraction of sp³-hybridized carbons (Fsp3) is 0. The zero-order chi connectivity index (χ0) is 14.1. The van der Waals surface area contributed by atoms with E-state index in [1.807, 2.05) is 24.3 Å². The number of hydrogen-bond acceptors (Lipinski definition) is 3. The van der Waals surface area contributed by atoms with E-state index >= 15 is 0 Å². The van der Waals surface area contributed by atoms with Gasteiger partial charge in [0, 0.05) is 10.7 Å². The number of nitrogens with one attached hydrogen (secondary N) is 2. The number of nitrogen functional groups attached to an aromatic ring is 1. The van der Waals surface area contributed by atoms with Gasteiger partial charge in [-0.2, -0.15) is 0 Å². The van der Waals surface area contributed by atoms with E-state index in [0.29, 0.717) is 22.2 Å². The Kier molecular flexibility index (Phi) is 3.04. The van der Waals surface area contributed by atoms with Gasteiger partial charge in [0.25, 0.3) is 5.91 Å². The number of anilines is 2. The number of H-pyrrole nitrogens is 1. The first kappa shape index (κ1) is 12.5. The van der Waals surface area contributed by atoms with Crippen LogP contribution in [-0.4, -0.2) is 15.9 Å². The third-order valence-corrected chi connectivity index (χ3v) is 3.11. The van der Waals surface area contributed by atoms with E-state index in [1.165, 1.54) is 6.07 Å². The second kappa shape index (κ2) is 4.86. The van der Waals surface area contributed by atoms with Crippen molar-refractivity contribution in [3.8, 4) is 0 Å². The van der Waals surface area contributed by atoms with Crippen LogP contribution in [0.2, 0.25) is 5.02 Å². The Balaban J connectivity index is 1.88. The van der Waals surface area contributed by atoms with Crippen molar-refractivity contribution in [1.29, 1.82) is 0 Å². The van der Waals surface area contributed by atoms with E-state index in [9.17, 15) is 4.79 Å². The molecule has 3 rings (SSSR count). The number of imidazole rings is 1. The molecule has 100 valence electrons. The number of nitrogens with zero attached hydrogens (tertiary/aromatic N) is 1. The van der Waals surface area contributed by atoms with Gasteiger partial charge in [0.15, 0.2) is 0 Å². The average molecular weight is 287 g/mol. The van der Waals surface area contributed by atoms with Crippen LogP contribution in [0.15, 0.2) is 42.5 Å². The Labute approximate surface area is 119 Å². The van der Waals surface area contributed by atoms with Gasteiger partial charge in [-0.3, -0.25) is 10.1 Å². The highest BCUT2D eigenvalue weighted by molar-refractivity contribution is 6.31. The van der Waals surface area contributed by atoms with Crippen molar-refractivity contribution in [3.63, 3.8) is 0 Å². The molecule has 6 heteroatoms. The SMILES string of the molecule is Nc1cc(Cl)ccc1C(=O)Nc1nc2ccccc2[nH]1. The molecule has 20 heavy (non-hydrogen) atoms. The lowest BCUT2D eigenvalue weighted by Crippen LogP contribution is -2.14. The number of halogens is 1. The van der Waals surface area contributed by atoms with Gasteiger partial charge < -0.3 is 10.7 Å². The lowest BCUT2D eigenvalue weighted by atomic mass is 10.1. The van der Waals surface area contributed by atoms with Crippen LogP contribution in [0, 0.1) is 0 Å². The highest BCUT2D eigenvalue weighted by atomic mass is 35.5. The Hall–Kier alpha value is -2.53. The Morgan fingerprint density at radius 2 is 2.05 bits per heavy atom. The molecule has 0 bridgehead atoms. The molecule has 0 unspecified atom stereocenters. The van der Waals surface area contributed by atoms with Crippen LogP contribution in [0.25, 0.3) is 11.0 Å². The average Bonchev–Trinajstić information content (AvgIpc) is 2.80. The highest BCUT2D eigenvalue weighted by Crippen LogP contribution is 2.19. The smallest absolute Gasteiger partial charge is 0.260 e. The fourth-order valence-electron chi connectivity index (χ4n) is 1.93. The molecule has 0 aliphatic heterocycles. The molecule has 4 N–H and O–H groups in total. The van der Waals surface area contributed by atoms with E-state index < -0.39 is 0 Å². The molecule has 0 saturated heterocycles. The summed E-state index contributed by atoms with van der Waals surface area (Å²) in [5.74, 6) is 0.0452. The Morgan fingerprint density at radius 1 is 1.25 bits per heavy atom. The second-order valence-corrected chi connectivity index (χ2v) is 4.72. The zero-order valence-electron chi connectivity index (χ0n) is 10.4. The normalized spacial score (nSPS) is 10.7. The summed E-state index contributed by atoms with van der Waals surface area (Å²) in [7, 11) is 0. The van der Waals surface area contributed by atoms with Gasteiger partial charge in [-0.15, -0.1) is 0 Å². The number of nitrogens with two attached hydrogens (primary N) is 1. The molecular formula is C14H11ClN4O. The summed E-state index contributed by atoms with van der Waals surface area (Å²) < 4.78 is 0. The minimum absolute atomic E-state index is 0.325. The van der Waals surface area contributed by atoms with Crippen LogP contribution in [0.3, 0.4) is 0 Å². The van der Waals surface area contributed by atoms with Gasteiger partial charge in [-0.25, -0.2) is 4.98 Å². The lowest BCUT2D eigenvalue weighted by molar-refractivity contribution is 0.102. The first-order valence-corrected chi connectivity index (χ1v) is 6.32. The zero-order valence-corrected chi connectivity index (χ0v) is 11.1. The largest absolute Gasteiger partial charge is 0.398 e. The summed E-state index contributed by atoms with van der Waals surface area (Å²) in [5.41, 5.74) is 8.09. The van der Waals surface area contributed by atoms with Crippen LogP contribution < -0.4 is 11.1 Å². The molecule has 0 atom stereocenters. The van der Waals surface area contributed by atoms with E-state index in [2.05, 4.69) is 15.3 Å². The topological polar surface area (TPSA) is 83.8 Å². The van der Waals surface area contributed by atoms with Crippen molar-refractivity contribution in [2.45, 2.75) is 0 Å². The van der Waals surface area contributed by atoms with Gasteiger partial charge in [-0.1, -0.05) is 23.7 Å². The number of aromatic amines is 1. The van der Waals surface area contributed by atoms with Gasteiger partial charge in [0.1, 0.15) is 0 Å². The first-order chi connectivity index (χ1) is 9.63. The number of benzene rings is 2. The lowest BCUT2D eigenvalue weighted by Gasteiger charge is -2.05.